The van der Waals surface area contributed by atoms with Gasteiger partial charge in [-0.3, -0.25) is 9.89 Å². The molecule has 1 aliphatic carbocycles. The lowest BCUT2D eigenvalue weighted by Gasteiger charge is -2.26. The Morgan fingerprint density at radius 3 is 2.80 bits per heavy atom. The molecule has 82 valence electrons. The average molecular weight is 209 g/mol. The highest BCUT2D eigenvalue weighted by molar-refractivity contribution is 5.90. The Balaban J connectivity index is 1.85. The normalized spacial score (nSPS) is 26.2. The third-order valence-electron chi connectivity index (χ3n) is 2.73. The lowest BCUT2D eigenvalue weighted by Crippen LogP contribution is -2.40. The summed E-state index contributed by atoms with van der Waals surface area (Å²) in [7, 11) is 0. The van der Waals surface area contributed by atoms with E-state index < -0.39 is 0 Å². The second-order valence-corrected chi connectivity index (χ2v) is 3.91. The molecule has 0 aliphatic heterocycles. The first-order valence-electron chi connectivity index (χ1n) is 5.18. The molecule has 2 rings (SSSR count). The number of carbonyl (C=O) groups is 1. The van der Waals surface area contributed by atoms with E-state index in [1.165, 1.54) is 6.33 Å². The summed E-state index contributed by atoms with van der Waals surface area (Å²) in [5, 5.41) is 9.14. The molecular weight excluding hydrogens is 194 g/mol. The summed E-state index contributed by atoms with van der Waals surface area (Å²) in [5.41, 5.74) is 5.78. The first-order chi connectivity index (χ1) is 7.25. The number of nitrogens with zero attached hydrogens (tertiary/aromatic N) is 2. The summed E-state index contributed by atoms with van der Waals surface area (Å²) in [6.45, 7) is 0. The molecule has 6 nitrogen and oxygen atoms in total. The van der Waals surface area contributed by atoms with Crippen LogP contribution in [0.3, 0.4) is 0 Å². The molecule has 15 heavy (non-hydrogen) atoms. The van der Waals surface area contributed by atoms with E-state index in [0.29, 0.717) is 6.04 Å². The maximum absolute atomic E-state index is 11.6. The zero-order valence-electron chi connectivity index (χ0n) is 8.44. The minimum atomic E-state index is -0.211. The fourth-order valence-electron chi connectivity index (χ4n) is 1.83. The van der Waals surface area contributed by atoms with Crippen LogP contribution in [0.25, 0.3) is 0 Å². The van der Waals surface area contributed by atoms with Gasteiger partial charge in [-0.1, -0.05) is 0 Å². The number of H-pyrrole nitrogens is 1. The minimum absolute atomic E-state index is 0.199. The fourth-order valence-corrected chi connectivity index (χ4v) is 1.83. The van der Waals surface area contributed by atoms with Crippen molar-refractivity contribution in [1.29, 1.82) is 0 Å². The predicted molar refractivity (Wildman–Crippen MR) is 54.1 cm³/mol. The molecule has 0 saturated heterocycles. The number of hydrogen-bond acceptors (Lipinski definition) is 4. The van der Waals surface area contributed by atoms with E-state index in [0.717, 1.165) is 25.7 Å². The molecule has 4 N–H and O–H groups in total. The fraction of sp³-hybridized carbons (Fsp3) is 0.667. The maximum Gasteiger partial charge on any atom is 0.291 e. The Kier molecular flexibility index (Phi) is 2.96. The van der Waals surface area contributed by atoms with Crippen molar-refractivity contribution in [3.05, 3.63) is 12.2 Å². The Labute approximate surface area is 87.6 Å². The van der Waals surface area contributed by atoms with E-state index >= 15 is 0 Å². The first-order valence-corrected chi connectivity index (χ1v) is 5.18. The van der Waals surface area contributed by atoms with Crippen LogP contribution in [0.15, 0.2) is 6.33 Å². The second kappa shape index (κ2) is 4.39. The number of rotatable bonds is 2. The molecule has 0 spiro atoms. The molecule has 6 heteroatoms. The number of nitrogens with two attached hydrogens (primary N) is 1. The van der Waals surface area contributed by atoms with Crippen LogP contribution in [0.1, 0.15) is 36.3 Å². The van der Waals surface area contributed by atoms with Crippen molar-refractivity contribution >= 4 is 5.91 Å². The zero-order chi connectivity index (χ0) is 10.7. The second-order valence-electron chi connectivity index (χ2n) is 3.91. The van der Waals surface area contributed by atoms with Crippen molar-refractivity contribution in [3.63, 3.8) is 0 Å². The molecule has 0 atom stereocenters. The van der Waals surface area contributed by atoms with E-state index in [9.17, 15) is 4.79 Å². The van der Waals surface area contributed by atoms with Gasteiger partial charge in [0.2, 0.25) is 5.82 Å². The highest BCUT2D eigenvalue weighted by atomic mass is 16.2. The van der Waals surface area contributed by atoms with Gasteiger partial charge in [0.1, 0.15) is 6.33 Å². The van der Waals surface area contributed by atoms with Crippen LogP contribution in [0.4, 0.5) is 0 Å². The lowest BCUT2D eigenvalue weighted by atomic mass is 9.92. The van der Waals surface area contributed by atoms with Gasteiger partial charge in [-0.2, -0.15) is 0 Å². The number of hydrogen-bond donors (Lipinski definition) is 3. The van der Waals surface area contributed by atoms with E-state index in [1.54, 1.807) is 0 Å². The van der Waals surface area contributed by atoms with Crippen LogP contribution in [-0.2, 0) is 0 Å². The van der Waals surface area contributed by atoms with Crippen LogP contribution in [0.5, 0.6) is 0 Å². The summed E-state index contributed by atoms with van der Waals surface area (Å²) < 4.78 is 0. The molecule has 1 aromatic heterocycles. The first kappa shape index (κ1) is 10.1. The topological polar surface area (TPSA) is 96.7 Å². The quantitative estimate of drug-likeness (QED) is 0.628. The zero-order valence-corrected chi connectivity index (χ0v) is 8.44. The van der Waals surface area contributed by atoms with Crippen molar-refractivity contribution in [2.75, 3.05) is 0 Å². The smallest absolute Gasteiger partial charge is 0.291 e. The van der Waals surface area contributed by atoms with Gasteiger partial charge in [0, 0.05) is 12.1 Å². The number of nitrogens with one attached hydrogen (secondary N) is 2. The molecule has 0 unspecified atom stereocenters. The monoisotopic (exact) mass is 209 g/mol. The summed E-state index contributed by atoms with van der Waals surface area (Å²) in [6, 6.07) is 0.512. The molecule has 1 fully saturated rings. The summed E-state index contributed by atoms with van der Waals surface area (Å²) in [4.78, 5) is 15.4. The van der Waals surface area contributed by atoms with Gasteiger partial charge >= 0.3 is 0 Å². The van der Waals surface area contributed by atoms with Gasteiger partial charge in [0.05, 0.1) is 0 Å². The van der Waals surface area contributed by atoms with Crippen LogP contribution in [-0.4, -0.2) is 33.2 Å². The predicted octanol–water partition coefficient (Wildman–Crippen LogP) is -0.196. The van der Waals surface area contributed by atoms with Gasteiger partial charge in [0.25, 0.3) is 5.91 Å². The third-order valence-corrected chi connectivity index (χ3v) is 2.73. The van der Waals surface area contributed by atoms with Gasteiger partial charge in [0.15, 0.2) is 0 Å². The molecule has 0 aromatic carbocycles. The van der Waals surface area contributed by atoms with Crippen LogP contribution in [0, 0.1) is 0 Å². The van der Waals surface area contributed by atoms with Gasteiger partial charge in [-0.25, -0.2) is 4.98 Å². The largest absolute Gasteiger partial charge is 0.347 e. The number of amides is 1. The SMILES string of the molecule is N[C@H]1CC[C@@H](NC(=O)c2nc[nH]n2)CC1. The molecular formula is C9H15N5O. The van der Waals surface area contributed by atoms with E-state index in [-0.39, 0.29) is 17.8 Å². The number of carbonyl (C=O) groups excluding carboxylic acids is 1. The highest BCUT2D eigenvalue weighted by Crippen LogP contribution is 2.16. The van der Waals surface area contributed by atoms with Gasteiger partial charge in [-0.15, -0.1) is 5.10 Å². The molecule has 1 heterocycles. The van der Waals surface area contributed by atoms with Gasteiger partial charge in [-0.05, 0) is 25.7 Å². The van der Waals surface area contributed by atoms with Crippen LogP contribution < -0.4 is 11.1 Å². The molecule has 0 radical (unpaired) electrons. The summed E-state index contributed by atoms with van der Waals surface area (Å²) in [6.07, 6.45) is 5.22. The Hall–Kier alpha value is -1.43. The molecule has 1 aromatic rings. The Morgan fingerprint density at radius 2 is 2.20 bits per heavy atom. The third kappa shape index (κ3) is 2.53. The summed E-state index contributed by atoms with van der Waals surface area (Å²) in [5.74, 6) is -0.0124. The number of aromatic amines is 1. The van der Waals surface area contributed by atoms with E-state index in [1.807, 2.05) is 0 Å². The van der Waals surface area contributed by atoms with Crippen molar-refractivity contribution in [2.24, 2.45) is 5.73 Å². The Bertz CT molecular complexity index is 315. The van der Waals surface area contributed by atoms with Crippen molar-refractivity contribution < 1.29 is 4.79 Å². The van der Waals surface area contributed by atoms with E-state index in [4.69, 9.17) is 5.73 Å². The highest BCUT2D eigenvalue weighted by Gasteiger charge is 2.21. The Morgan fingerprint density at radius 1 is 1.47 bits per heavy atom. The molecule has 1 saturated carbocycles. The molecule has 1 amide bonds. The standard InChI is InChI=1S/C9H15N5O/c10-6-1-3-7(4-2-6)13-9(15)8-11-5-12-14-8/h5-7H,1-4,10H2,(H,13,15)(H,11,12,14)/t6-,7+. The lowest BCUT2D eigenvalue weighted by molar-refractivity contribution is 0.0915. The molecule has 1 aliphatic rings. The van der Waals surface area contributed by atoms with Crippen molar-refractivity contribution in [1.82, 2.24) is 20.5 Å². The minimum Gasteiger partial charge on any atom is -0.347 e. The molecule has 0 bridgehead atoms. The van der Waals surface area contributed by atoms with E-state index in [2.05, 4.69) is 20.5 Å². The van der Waals surface area contributed by atoms with Crippen LogP contribution >= 0.6 is 0 Å². The summed E-state index contributed by atoms with van der Waals surface area (Å²) >= 11 is 0. The van der Waals surface area contributed by atoms with Gasteiger partial charge < -0.3 is 11.1 Å². The van der Waals surface area contributed by atoms with Crippen molar-refractivity contribution in [2.45, 2.75) is 37.8 Å². The number of aromatic nitrogens is 3. The average Bonchev–Trinajstić information content (AvgIpc) is 2.74. The maximum atomic E-state index is 11.6. The van der Waals surface area contributed by atoms with Crippen molar-refractivity contribution in [3.8, 4) is 0 Å². The van der Waals surface area contributed by atoms with Crippen LogP contribution in [0.2, 0.25) is 0 Å².